The number of carbonyl (C=O) groups is 1. The first kappa shape index (κ1) is 17.3. The molecule has 1 saturated heterocycles. The molecule has 4 nitrogen and oxygen atoms in total. The lowest BCUT2D eigenvalue weighted by Crippen LogP contribution is -2.33. The molecule has 2 aliphatic rings. The largest absolute Gasteiger partial charge is 0.341 e. The number of hydrogen-bond donors (Lipinski definition) is 1. The van der Waals surface area contributed by atoms with Crippen molar-refractivity contribution in [3.63, 3.8) is 0 Å². The molecule has 4 unspecified atom stereocenters. The minimum absolute atomic E-state index is 0.172. The van der Waals surface area contributed by atoms with Gasteiger partial charge in [-0.3, -0.25) is 4.79 Å². The summed E-state index contributed by atoms with van der Waals surface area (Å²) in [5.41, 5.74) is 10.5. The molecule has 26 heavy (non-hydrogen) atoms. The Labute approximate surface area is 156 Å². The number of benzene rings is 1. The molecule has 2 heterocycles. The molecule has 2 N–H and O–H groups in total. The van der Waals surface area contributed by atoms with Crippen molar-refractivity contribution in [1.82, 2.24) is 9.47 Å². The summed E-state index contributed by atoms with van der Waals surface area (Å²) in [4.78, 5) is 15.2. The van der Waals surface area contributed by atoms with Gasteiger partial charge in [0.15, 0.2) is 0 Å². The van der Waals surface area contributed by atoms with E-state index in [1.807, 2.05) is 11.0 Å². The van der Waals surface area contributed by atoms with Crippen molar-refractivity contribution in [2.75, 3.05) is 13.1 Å². The Balaban J connectivity index is 1.59. The van der Waals surface area contributed by atoms with E-state index in [2.05, 4.69) is 55.7 Å². The first-order valence-electron chi connectivity index (χ1n) is 9.75. The van der Waals surface area contributed by atoms with Gasteiger partial charge in [-0.05, 0) is 57.1 Å². The molecule has 2 aromatic rings. The second kappa shape index (κ2) is 6.58. The quantitative estimate of drug-likeness (QED) is 0.920. The molecule has 1 aliphatic carbocycles. The zero-order valence-corrected chi connectivity index (χ0v) is 16.0. The van der Waals surface area contributed by atoms with Crippen molar-refractivity contribution >= 4 is 5.91 Å². The van der Waals surface area contributed by atoms with E-state index in [0.717, 1.165) is 36.5 Å². The molecule has 0 spiro atoms. The average Bonchev–Trinajstić information content (AvgIpc) is 3.30. The number of amides is 1. The Bertz CT molecular complexity index is 810. The third-order valence-corrected chi connectivity index (χ3v) is 6.58. The summed E-state index contributed by atoms with van der Waals surface area (Å²) >= 11 is 0. The number of fused-ring (bicyclic) bond motifs is 1. The summed E-state index contributed by atoms with van der Waals surface area (Å²) in [6, 6.07) is 13.0. The van der Waals surface area contributed by atoms with Gasteiger partial charge in [0.1, 0.15) is 0 Å². The normalized spacial score (nSPS) is 26.2. The molecule has 1 aromatic carbocycles. The van der Waals surface area contributed by atoms with Crippen LogP contribution in [0.5, 0.6) is 0 Å². The number of aromatic nitrogens is 1. The molecule has 1 aromatic heterocycles. The predicted octanol–water partition coefficient (Wildman–Crippen LogP) is 3.52. The maximum absolute atomic E-state index is 13.2. The Morgan fingerprint density at radius 2 is 1.88 bits per heavy atom. The van der Waals surface area contributed by atoms with Crippen molar-refractivity contribution < 1.29 is 4.79 Å². The minimum Gasteiger partial charge on any atom is -0.341 e. The zero-order valence-electron chi connectivity index (χ0n) is 16.0. The summed E-state index contributed by atoms with van der Waals surface area (Å²) in [6.07, 6.45) is 2.28. The third-order valence-electron chi connectivity index (χ3n) is 6.58. The molecule has 0 bridgehead atoms. The highest BCUT2D eigenvalue weighted by Crippen LogP contribution is 2.38. The summed E-state index contributed by atoms with van der Waals surface area (Å²) < 4.78 is 2.28. The second-order valence-corrected chi connectivity index (χ2v) is 8.12. The van der Waals surface area contributed by atoms with E-state index in [0.29, 0.717) is 11.8 Å². The number of nitrogens with zero attached hydrogens (tertiary/aromatic N) is 2. The summed E-state index contributed by atoms with van der Waals surface area (Å²) in [5, 5.41) is 0. The van der Waals surface area contributed by atoms with E-state index >= 15 is 0 Å². The highest BCUT2D eigenvalue weighted by Gasteiger charge is 2.43. The van der Waals surface area contributed by atoms with Gasteiger partial charge in [0.2, 0.25) is 0 Å². The molecule has 1 saturated carbocycles. The standard InChI is InChI=1S/C22H29N3O/c1-14-11-19(16(3)25(14)15(2)17-7-5-4-6-8-17)22(26)24-12-18-9-10-21(23)20(18)13-24/h4-8,11,15,18,20-21H,9-10,12-13,23H2,1-3H3. The fourth-order valence-electron chi connectivity index (χ4n) is 5.11. The van der Waals surface area contributed by atoms with Gasteiger partial charge in [-0.2, -0.15) is 0 Å². The number of nitrogens with two attached hydrogens (primary N) is 1. The van der Waals surface area contributed by atoms with Gasteiger partial charge in [0.25, 0.3) is 5.91 Å². The first-order valence-corrected chi connectivity index (χ1v) is 9.75. The van der Waals surface area contributed by atoms with E-state index in [1.54, 1.807) is 0 Å². The van der Waals surface area contributed by atoms with Crippen LogP contribution in [0, 0.1) is 25.7 Å². The molecule has 0 radical (unpaired) electrons. The minimum atomic E-state index is 0.172. The summed E-state index contributed by atoms with van der Waals surface area (Å²) in [6.45, 7) is 8.06. The molecule has 1 amide bonds. The van der Waals surface area contributed by atoms with Crippen LogP contribution in [0.2, 0.25) is 0 Å². The molecule has 138 valence electrons. The fraction of sp³-hybridized carbons (Fsp3) is 0.500. The highest BCUT2D eigenvalue weighted by molar-refractivity contribution is 5.96. The van der Waals surface area contributed by atoms with Crippen LogP contribution in [0.3, 0.4) is 0 Å². The third kappa shape index (κ3) is 2.77. The number of carbonyl (C=O) groups excluding carboxylic acids is 1. The molecule has 4 atom stereocenters. The molecule has 1 aliphatic heterocycles. The van der Waals surface area contributed by atoms with Gasteiger partial charge in [0.05, 0.1) is 11.6 Å². The van der Waals surface area contributed by atoms with Crippen molar-refractivity contribution in [2.45, 2.75) is 45.7 Å². The summed E-state index contributed by atoms with van der Waals surface area (Å²) in [5.74, 6) is 1.26. The zero-order chi connectivity index (χ0) is 18.4. The van der Waals surface area contributed by atoms with E-state index in [1.165, 1.54) is 12.0 Å². The van der Waals surface area contributed by atoms with Crippen molar-refractivity contribution in [1.29, 1.82) is 0 Å². The van der Waals surface area contributed by atoms with Crippen LogP contribution in [0.15, 0.2) is 36.4 Å². The van der Waals surface area contributed by atoms with Gasteiger partial charge in [0, 0.05) is 30.5 Å². The Morgan fingerprint density at radius 3 is 2.58 bits per heavy atom. The Kier molecular flexibility index (Phi) is 4.39. The number of rotatable bonds is 3. The van der Waals surface area contributed by atoms with Crippen LogP contribution < -0.4 is 5.73 Å². The smallest absolute Gasteiger partial charge is 0.255 e. The van der Waals surface area contributed by atoms with E-state index < -0.39 is 0 Å². The van der Waals surface area contributed by atoms with Gasteiger partial charge in [-0.25, -0.2) is 0 Å². The molecule has 2 fully saturated rings. The van der Waals surface area contributed by atoms with Crippen LogP contribution in [0.1, 0.15) is 53.1 Å². The molecular formula is C22H29N3O. The van der Waals surface area contributed by atoms with Crippen LogP contribution in [0.4, 0.5) is 0 Å². The van der Waals surface area contributed by atoms with E-state index in [-0.39, 0.29) is 18.0 Å². The Hall–Kier alpha value is -2.07. The summed E-state index contributed by atoms with van der Waals surface area (Å²) in [7, 11) is 0. The van der Waals surface area contributed by atoms with Crippen molar-refractivity contribution in [2.24, 2.45) is 17.6 Å². The number of aryl methyl sites for hydroxylation is 1. The monoisotopic (exact) mass is 351 g/mol. The lowest BCUT2D eigenvalue weighted by molar-refractivity contribution is 0.0778. The molecule has 4 heteroatoms. The maximum Gasteiger partial charge on any atom is 0.255 e. The highest BCUT2D eigenvalue weighted by atomic mass is 16.2. The fourth-order valence-corrected chi connectivity index (χ4v) is 5.11. The van der Waals surface area contributed by atoms with E-state index in [4.69, 9.17) is 5.73 Å². The lowest BCUT2D eigenvalue weighted by Gasteiger charge is -2.21. The van der Waals surface area contributed by atoms with Gasteiger partial charge in [-0.15, -0.1) is 0 Å². The predicted molar refractivity (Wildman–Crippen MR) is 104 cm³/mol. The van der Waals surface area contributed by atoms with Gasteiger partial charge in [-0.1, -0.05) is 30.3 Å². The van der Waals surface area contributed by atoms with Gasteiger partial charge < -0.3 is 15.2 Å². The maximum atomic E-state index is 13.2. The number of likely N-dealkylation sites (tertiary alicyclic amines) is 1. The van der Waals surface area contributed by atoms with Crippen molar-refractivity contribution in [3.05, 3.63) is 58.9 Å². The van der Waals surface area contributed by atoms with Gasteiger partial charge >= 0.3 is 0 Å². The van der Waals surface area contributed by atoms with Crippen LogP contribution >= 0.6 is 0 Å². The number of hydrogen-bond acceptors (Lipinski definition) is 2. The van der Waals surface area contributed by atoms with Crippen LogP contribution in [-0.4, -0.2) is 34.5 Å². The van der Waals surface area contributed by atoms with E-state index in [9.17, 15) is 4.79 Å². The Morgan fingerprint density at radius 1 is 1.15 bits per heavy atom. The van der Waals surface area contributed by atoms with Crippen molar-refractivity contribution in [3.8, 4) is 0 Å². The topological polar surface area (TPSA) is 51.3 Å². The second-order valence-electron chi connectivity index (χ2n) is 8.12. The van der Waals surface area contributed by atoms with Crippen LogP contribution in [0.25, 0.3) is 0 Å². The first-order chi connectivity index (χ1) is 12.5. The SMILES string of the molecule is Cc1cc(C(=O)N2CC3CCC(N)C3C2)c(C)n1C(C)c1ccccc1. The van der Waals surface area contributed by atoms with Crippen LogP contribution in [-0.2, 0) is 0 Å². The molecular weight excluding hydrogens is 322 g/mol. The lowest BCUT2D eigenvalue weighted by atomic mass is 9.98. The average molecular weight is 351 g/mol. The molecule has 4 rings (SSSR count).